The van der Waals surface area contributed by atoms with Crippen molar-refractivity contribution in [2.45, 2.75) is 6.54 Å². The Labute approximate surface area is 142 Å². The number of hydrogen-bond donors (Lipinski definition) is 2. The zero-order chi connectivity index (χ0) is 17.6. The number of nitrogens with zero attached hydrogens (tertiary/aromatic N) is 1. The Kier molecular flexibility index (Phi) is 4.79. The van der Waals surface area contributed by atoms with Crippen molar-refractivity contribution in [1.29, 1.82) is 0 Å². The molecule has 3 aromatic rings. The Hall–Kier alpha value is -3.55. The van der Waals surface area contributed by atoms with Gasteiger partial charge in [0.1, 0.15) is 12.0 Å². The number of benzene rings is 1. The largest absolute Gasteiger partial charge is 0.496 e. The highest BCUT2D eigenvalue weighted by molar-refractivity contribution is 6.01. The van der Waals surface area contributed by atoms with Crippen LogP contribution in [0.2, 0.25) is 0 Å². The third-order valence-corrected chi connectivity index (χ3v) is 3.33. The van der Waals surface area contributed by atoms with E-state index in [2.05, 4.69) is 15.6 Å². The summed E-state index contributed by atoms with van der Waals surface area (Å²) < 4.78 is 15.3. The molecule has 0 atom stereocenters. The molecule has 0 aliphatic rings. The van der Waals surface area contributed by atoms with E-state index < -0.39 is 11.8 Å². The molecule has 2 heterocycles. The second-order valence-electron chi connectivity index (χ2n) is 4.96. The Balaban J connectivity index is 1.60. The number of furan rings is 1. The summed E-state index contributed by atoms with van der Waals surface area (Å²) in [6.07, 6.45) is 2.54. The van der Waals surface area contributed by atoms with Crippen LogP contribution in [-0.4, -0.2) is 23.9 Å². The minimum atomic E-state index is -0.521. The van der Waals surface area contributed by atoms with E-state index in [0.717, 1.165) is 11.8 Å². The molecule has 0 spiro atoms. The van der Waals surface area contributed by atoms with Crippen LogP contribution < -0.4 is 15.4 Å². The minimum absolute atomic E-state index is 0.0460. The normalized spacial score (nSPS) is 10.3. The van der Waals surface area contributed by atoms with Crippen LogP contribution in [0, 0.1) is 0 Å². The molecule has 0 radical (unpaired) electrons. The van der Waals surface area contributed by atoms with Crippen molar-refractivity contribution in [1.82, 2.24) is 10.3 Å². The molecule has 2 aromatic heterocycles. The second kappa shape index (κ2) is 7.35. The third-order valence-electron chi connectivity index (χ3n) is 3.33. The molecule has 2 N–H and O–H groups in total. The summed E-state index contributed by atoms with van der Waals surface area (Å²) >= 11 is 0. The average molecular weight is 341 g/mol. The highest BCUT2D eigenvalue weighted by atomic mass is 16.5. The molecule has 0 fully saturated rings. The first kappa shape index (κ1) is 16.3. The van der Waals surface area contributed by atoms with E-state index in [9.17, 15) is 9.59 Å². The zero-order valence-corrected chi connectivity index (χ0v) is 13.3. The van der Waals surface area contributed by atoms with Crippen molar-refractivity contribution in [2.75, 3.05) is 12.4 Å². The van der Waals surface area contributed by atoms with E-state index in [-0.39, 0.29) is 24.0 Å². The molecule has 0 saturated heterocycles. The number of anilines is 1. The molecule has 0 aliphatic heterocycles. The van der Waals surface area contributed by atoms with Gasteiger partial charge in [0.25, 0.3) is 11.8 Å². The topological polar surface area (TPSA) is 107 Å². The van der Waals surface area contributed by atoms with Crippen molar-refractivity contribution in [3.8, 4) is 5.75 Å². The first-order valence-corrected chi connectivity index (χ1v) is 7.38. The van der Waals surface area contributed by atoms with Crippen LogP contribution >= 0.6 is 0 Å². The van der Waals surface area contributed by atoms with Crippen LogP contribution in [0.4, 0.5) is 6.01 Å². The van der Waals surface area contributed by atoms with Gasteiger partial charge in [0.15, 0.2) is 11.5 Å². The van der Waals surface area contributed by atoms with Gasteiger partial charge in [-0.2, -0.15) is 4.98 Å². The Morgan fingerprint density at radius 1 is 1.12 bits per heavy atom. The van der Waals surface area contributed by atoms with Crippen molar-refractivity contribution < 1.29 is 23.2 Å². The first-order chi connectivity index (χ1) is 12.2. The minimum Gasteiger partial charge on any atom is -0.496 e. The summed E-state index contributed by atoms with van der Waals surface area (Å²) in [5, 5.41) is 5.11. The monoisotopic (exact) mass is 341 g/mol. The predicted molar refractivity (Wildman–Crippen MR) is 87.3 cm³/mol. The Bertz CT molecular complexity index is 870. The number of para-hydroxylation sites is 1. The lowest BCUT2D eigenvalue weighted by molar-refractivity contribution is 0.0944. The number of aromatic nitrogens is 1. The molecule has 0 bridgehead atoms. The standard InChI is InChI=1S/C17H15N3O5/c1-23-13-6-3-2-5-11(13)9-18-15(21)12-10-25-17(19-12)20-16(22)14-7-4-8-24-14/h2-8,10H,9H2,1H3,(H,18,21)(H,19,20,22). The second-order valence-corrected chi connectivity index (χ2v) is 4.96. The lowest BCUT2D eigenvalue weighted by atomic mass is 10.2. The van der Waals surface area contributed by atoms with Crippen LogP contribution in [0.25, 0.3) is 0 Å². The smallest absolute Gasteiger partial charge is 0.302 e. The molecule has 25 heavy (non-hydrogen) atoms. The van der Waals surface area contributed by atoms with Crippen LogP contribution in [0.5, 0.6) is 5.75 Å². The quantitative estimate of drug-likeness (QED) is 0.713. The van der Waals surface area contributed by atoms with E-state index in [1.165, 1.54) is 12.3 Å². The summed E-state index contributed by atoms with van der Waals surface area (Å²) in [4.78, 5) is 27.9. The number of carbonyl (C=O) groups is 2. The van der Waals surface area contributed by atoms with E-state index >= 15 is 0 Å². The van der Waals surface area contributed by atoms with Gasteiger partial charge in [-0.05, 0) is 18.2 Å². The van der Waals surface area contributed by atoms with Gasteiger partial charge in [-0.1, -0.05) is 18.2 Å². The van der Waals surface area contributed by atoms with Gasteiger partial charge < -0.3 is 18.9 Å². The molecule has 0 unspecified atom stereocenters. The van der Waals surface area contributed by atoms with Gasteiger partial charge in [0.05, 0.1) is 13.4 Å². The molecule has 8 nitrogen and oxygen atoms in total. The van der Waals surface area contributed by atoms with Gasteiger partial charge in [-0.25, -0.2) is 0 Å². The van der Waals surface area contributed by atoms with E-state index in [1.807, 2.05) is 18.2 Å². The van der Waals surface area contributed by atoms with E-state index in [4.69, 9.17) is 13.6 Å². The number of hydrogen-bond acceptors (Lipinski definition) is 6. The van der Waals surface area contributed by atoms with Crippen molar-refractivity contribution in [3.63, 3.8) is 0 Å². The van der Waals surface area contributed by atoms with Crippen LogP contribution in [0.1, 0.15) is 26.6 Å². The summed E-state index contributed by atoms with van der Waals surface area (Å²) in [7, 11) is 1.56. The fraction of sp³-hybridized carbons (Fsp3) is 0.118. The van der Waals surface area contributed by atoms with Crippen LogP contribution in [-0.2, 0) is 6.54 Å². The SMILES string of the molecule is COc1ccccc1CNC(=O)c1coc(NC(=O)c2ccco2)n1. The van der Waals surface area contributed by atoms with Gasteiger partial charge in [-0.15, -0.1) is 0 Å². The summed E-state index contributed by atoms with van der Waals surface area (Å²) in [6, 6.07) is 10.3. The molecule has 3 rings (SSSR count). The lowest BCUT2D eigenvalue weighted by Crippen LogP contribution is -2.23. The number of carbonyl (C=O) groups excluding carboxylic acids is 2. The van der Waals surface area contributed by atoms with Crippen LogP contribution in [0.15, 0.2) is 57.8 Å². The fourth-order valence-electron chi connectivity index (χ4n) is 2.12. The molecule has 0 saturated carbocycles. The third kappa shape index (κ3) is 3.86. The maximum atomic E-state index is 12.1. The molecule has 2 amide bonds. The predicted octanol–water partition coefficient (Wildman–Crippen LogP) is 2.46. The van der Waals surface area contributed by atoms with Gasteiger partial charge in [-0.3, -0.25) is 14.9 Å². The fourth-order valence-corrected chi connectivity index (χ4v) is 2.12. The number of ether oxygens (including phenoxy) is 1. The maximum absolute atomic E-state index is 12.1. The zero-order valence-electron chi connectivity index (χ0n) is 13.3. The van der Waals surface area contributed by atoms with Crippen molar-refractivity contribution >= 4 is 17.8 Å². The highest BCUT2D eigenvalue weighted by Gasteiger charge is 2.16. The lowest BCUT2D eigenvalue weighted by Gasteiger charge is -2.08. The van der Waals surface area contributed by atoms with Crippen molar-refractivity contribution in [2.24, 2.45) is 0 Å². The molecular formula is C17H15N3O5. The summed E-state index contributed by atoms with van der Waals surface area (Å²) in [5.41, 5.74) is 0.873. The summed E-state index contributed by atoms with van der Waals surface area (Å²) in [6.45, 7) is 0.268. The molecular weight excluding hydrogens is 326 g/mol. The molecule has 8 heteroatoms. The van der Waals surface area contributed by atoms with Gasteiger partial charge in [0.2, 0.25) is 0 Å². The number of methoxy groups -OCH3 is 1. The Morgan fingerprint density at radius 3 is 2.72 bits per heavy atom. The van der Waals surface area contributed by atoms with Gasteiger partial charge >= 0.3 is 6.01 Å². The number of nitrogens with one attached hydrogen (secondary N) is 2. The average Bonchev–Trinajstić information content (AvgIpc) is 3.31. The summed E-state index contributed by atoms with van der Waals surface area (Å²) in [5.74, 6) is -0.171. The van der Waals surface area contributed by atoms with Crippen LogP contribution in [0.3, 0.4) is 0 Å². The Morgan fingerprint density at radius 2 is 1.96 bits per heavy atom. The van der Waals surface area contributed by atoms with E-state index in [0.29, 0.717) is 5.75 Å². The van der Waals surface area contributed by atoms with E-state index in [1.54, 1.807) is 19.2 Å². The molecule has 128 valence electrons. The van der Waals surface area contributed by atoms with Gasteiger partial charge in [0, 0.05) is 12.1 Å². The number of oxazole rings is 1. The maximum Gasteiger partial charge on any atom is 0.302 e. The number of rotatable bonds is 6. The molecule has 1 aromatic carbocycles. The van der Waals surface area contributed by atoms with Crippen molar-refractivity contribution in [3.05, 3.63) is 65.9 Å². The number of amides is 2. The highest BCUT2D eigenvalue weighted by Crippen LogP contribution is 2.17. The molecule has 0 aliphatic carbocycles. The first-order valence-electron chi connectivity index (χ1n) is 7.38.